The van der Waals surface area contributed by atoms with Crippen LogP contribution in [-0.2, 0) is 27.9 Å². The molecule has 0 radical (unpaired) electrons. The summed E-state index contributed by atoms with van der Waals surface area (Å²) in [6.07, 6.45) is 0. The molecular formula is C32H26Cl2N4O3S2. The fourth-order valence-corrected chi connectivity index (χ4v) is 7.60. The molecule has 1 fully saturated rings. The average molecular weight is 650 g/mol. The fourth-order valence-electron chi connectivity index (χ4n) is 4.95. The van der Waals surface area contributed by atoms with Crippen molar-refractivity contribution in [3.8, 4) is 0 Å². The van der Waals surface area contributed by atoms with Crippen LogP contribution in [0.3, 0.4) is 0 Å². The predicted molar refractivity (Wildman–Crippen MR) is 175 cm³/mol. The summed E-state index contributed by atoms with van der Waals surface area (Å²) in [5.41, 5.74) is 1.51. The highest BCUT2D eigenvalue weighted by Crippen LogP contribution is 2.40. The molecule has 0 atom stereocenters. The van der Waals surface area contributed by atoms with E-state index in [9.17, 15) is 13.2 Å². The summed E-state index contributed by atoms with van der Waals surface area (Å²) >= 11 is 18.6. The third-order valence-corrected chi connectivity index (χ3v) is 10.1. The molecule has 0 aromatic heterocycles. The lowest BCUT2D eigenvalue weighted by Gasteiger charge is -2.30. The molecule has 0 bridgehead atoms. The fraction of sp³-hybridized carbons (Fsp3) is 0.156. The van der Waals surface area contributed by atoms with Crippen LogP contribution in [0.1, 0.15) is 25.0 Å². The van der Waals surface area contributed by atoms with Crippen LogP contribution in [0.5, 0.6) is 0 Å². The highest BCUT2D eigenvalue weighted by molar-refractivity contribution is 7.89. The van der Waals surface area contributed by atoms with Gasteiger partial charge in [0.1, 0.15) is 10.4 Å². The van der Waals surface area contributed by atoms with Crippen LogP contribution in [0.4, 0.5) is 17.1 Å². The minimum Gasteiger partial charge on any atom is -0.303 e. The molecule has 0 spiro atoms. The highest BCUT2D eigenvalue weighted by atomic mass is 35.5. The van der Waals surface area contributed by atoms with Gasteiger partial charge in [0.25, 0.3) is 5.91 Å². The van der Waals surface area contributed by atoms with Gasteiger partial charge in [-0.05, 0) is 67.5 Å². The van der Waals surface area contributed by atoms with Crippen molar-refractivity contribution in [1.82, 2.24) is 4.31 Å². The molecule has 0 N–H and O–H groups in total. The maximum Gasteiger partial charge on any atom is 0.259 e. The number of hydrogen-bond acceptors (Lipinski definition) is 4. The van der Waals surface area contributed by atoms with Crippen molar-refractivity contribution in [1.29, 1.82) is 0 Å². The van der Waals surface area contributed by atoms with Crippen LogP contribution in [0.25, 0.3) is 4.85 Å². The lowest BCUT2D eigenvalue weighted by Crippen LogP contribution is -2.44. The summed E-state index contributed by atoms with van der Waals surface area (Å²) in [5.74, 6) is -0.335. The van der Waals surface area contributed by atoms with Crippen LogP contribution < -0.4 is 9.80 Å². The van der Waals surface area contributed by atoms with E-state index in [0.29, 0.717) is 11.4 Å². The molecular weight excluding hydrogens is 623 g/mol. The number of hydrogen-bond donors (Lipinski definition) is 0. The first-order valence-corrected chi connectivity index (χ1v) is 15.8. The van der Waals surface area contributed by atoms with Crippen molar-refractivity contribution in [3.63, 3.8) is 0 Å². The van der Waals surface area contributed by atoms with Crippen molar-refractivity contribution in [2.24, 2.45) is 0 Å². The van der Waals surface area contributed by atoms with Gasteiger partial charge in [0.15, 0.2) is 5.11 Å². The maximum absolute atomic E-state index is 14.3. The second kappa shape index (κ2) is 12.1. The number of benzene rings is 4. The van der Waals surface area contributed by atoms with Gasteiger partial charge in [0.2, 0.25) is 15.7 Å². The summed E-state index contributed by atoms with van der Waals surface area (Å²) < 4.78 is 30.0. The van der Waals surface area contributed by atoms with E-state index in [4.69, 9.17) is 42.0 Å². The van der Waals surface area contributed by atoms with E-state index in [-0.39, 0.29) is 44.7 Å². The van der Waals surface area contributed by atoms with E-state index in [0.717, 1.165) is 11.1 Å². The van der Waals surface area contributed by atoms with Crippen molar-refractivity contribution in [2.75, 3.05) is 9.80 Å². The Balaban J connectivity index is 1.56. The Morgan fingerprint density at radius 2 is 1.40 bits per heavy atom. The van der Waals surface area contributed by atoms with E-state index >= 15 is 0 Å². The predicted octanol–water partition coefficient (Wildman–Crippen LogP) is 7.85. The number of halogens is 2. The largest absolute Gasteiger partial charge is 0.303 e. The first-order chi connectivity index (χ1) is 20.4. The van der Waals surface area contributed by atoms with Gasteiger partial charge in [-0.1, -0.05) is 89.9 Å². The van der Waals surface area contributed by atoms with Crippen LogP contribution >= 0.6 is 35.4 Å². The first-order valence-electron chi connectivity index (χ1n) is 13.2. The number of thiocarbonyl (C=S) groups is 1. The number of rotatable bonds is 8. The minimum absolute atomic E-state index is 0.0440. The molecule has 1 aliphatic rings. The molecule has 5 rings (SSSR count). The number of carbonyl (C=O) groups excluding carboxylic acids is 1. The first kappa shape index (κ1) is 30.7. The minimum atomic E-state index is -4.14. The van der Waals surface area contributed by atoms with Crippen LogP contribution in [0, 0.1) is 6.57 Å². The number of sulfonamides is 1. The molecule has 1 aliphatic heterocycles. The lowest BCUT2D eigenvalue weighted by molar-refractivity contribution is -0.120. The number of anilines is 2. The third kappa shape index (κ3) is 5.90. The Morgan fingerprint density at radius 1 is 0.837 bits per heavy atom. The molecule has 4 aromatic carbocycles. The summed E-state index contributed by atoms with van der Waals surface area (Å²) in [7, 11) is -4.14. The normalized spacial score (nSPS) is 14.8. The van der Waals surface area contributed by atoms with Crippen molar-refractivity contribution in [2.45, 2.75) is 37.4 Å². The van der Waals surface area contributed by atoms with Gasteiger partial charge in [-0.2, -0.15) is 4.31 Å². The summed E-state index contributed by atoms with van der Waals surface area (Å²) in [6.45, 7) is 10.9. The van der Waals surface area contributed by atoms with Crippen LogP contribution in [-0.4, -0.2) is 29.3 Å². The molecule has 218 valence electrons. The quantitative estimate of drug-likeness (QED) is 0.144. The zero-order chi connectivity index (χ0) is 30.9. The van der Waals surface area contributed by atoms with Crippen LogP contribution in [0.2, 0.25) is 10.0 Å². The highest BCUT2D eigenvalue weighted by Gasteiger charge is 2.50. The molecule has 43 heavy (non-hydrogen) atoms. The topological polar surface area (TPSA) is 65.3 Å². The summed E-state index contributed by atoms with van der Waals surface area (Å²) in [4.78, 5) is 19.9. The number of amides is 1. The van der Waals surface area contributed by atoms with Gasteiger partial charge in [-0.15, -0.1) is 0 Å². The van der Waals surface area contributed by atoms with Crippen molar-refractivity contribution in [3.05, 3.63) is 130 Å². The molecule has 0 unspecified atom stereocenters. The van der Waals surface area contributed by atoms with Gasteiger partial charge in [-0.3, -0.25) is 9.69 Å². The molecule has 1 heterocycles. The second-order valence-corrected chi connectivity index (χ2v) is 13.5. The smallest absolute Gasteiger partial charge is 0.259 e. The maximum atomic E-state index is 14.3. The Kier molecular flexibility index (Phi) is 8.61. The second-order valence-electron chi connectivity index (χ2n) is 10.4. The van der Waals surface area contributed by atoms with Gasteiger partial charge in [0, 0.05) is 23.8 Å². The van der Waals surface area contributed by atoms with E-state index in [1.165, 1.54) is 33.5 Å². The summed E-state index contributed by atoms with van der Waals surface area (Å²) in [6, 6.07) is 27.9. The van der Waals surface area contributed by atoms with E-state index < -0.39 is 15.6 Å². The molecule has 1 amide bonds. The number of carbonyl (C=O) groups is 1. The molecule has 0 aliphatic carbocycles. The van der Waals surface area contributed by atoms with Gasteiger partial charge >= 0.3 is 0 Å². The van der Waals surface area contributed by atoms with Crippen LogP contribution in [0.15, 0.2) is 102 Å². The van der Waals surface area contributed by atoms with Crippen molar-refractivity contribution >= 4 is 73.5 Å². The summed E-state index contributed by atoms with van der Waals surface area (Å²) in [5, 5.41) is 0.372. The molecule has 11 heteroatoms. The SMILES string of the molecule is [C-]#[N+]c1ccc(N2C(=O)C(C)(C)N(c3ccc(Cl)c(S(=O)(=O)N(Cc4ccccc4)Cc4ccccc4)c3)C2=S)cc1Cl. The lowest BCUT2D eigenvalue weighted by atomic mass is 10.0. The Hall–Kier alpha value is -3.78. The van der Waals surface area contributed by atoms with Gasteiger partial charge in [0.05, 0.1) is 17.3 Å². The van der Waals surface area contributed by atoms with Gasteiger partial charge in [-0.25, -0.2) is 13.3 Å². The van der Waals surface area contributed by atoms with E-state index in [2.05, 4.69) is 4.85 Å². The standard InChI is InChI=1S/C32H26Cl2N4O3S2/c1-32(2)30(39)37(24-15-17-28(35-3)27(34)18-24)31(42)38(32)25-14-16-26(33)29(19-25)43(40,41)36(20-22-10-6-4-7-11-22)21-23-12-8-5-9-13-23/h4-19H,20-21H2,1-2H3. The van der Waals surface area contributed by atoms with Gasteiger partial charge < -0.3 is 4.90 Å². The van der Waals surface area contributed by atoms with E-state index in [1.807, 2.05) is 60.7 Å². The molecule has 0 saturated carbocycles. The average Bonchev–Trinajstić information content (AvgIpc) is 3.16. The Bertz CT molecular complexity index is 1820. The Labute approximate surface area is 266 Å². The monoisotopic (exact) mass is 648 g/mol. The zero-order valence-electron chi connectivity index (χ0n) is 23.2. The molecule has 4 aromatic rings. The zero-order valence-corrected chi connectivity index (χ0v) is 26.4. The number of nitrogens with zero attached hydrogens (tertiary/aromatic N) is 4. The Morgan fingerprint density at radius 3 is 1.93 bits per heavy atom. The van der Waals surface area contributed by atoms with Crippen molar-refractivity contribution < 1.29 is 13.2 Å². The molecule has 7 nitrogen and oxygen atoms in total. The third-order valence-electron chi connectivity index (χ3n) is 7.17. The molecule has 1 saturated heterocycles. The van der Waals surface area contributed by atoms with E-state index in [1.54, 1.807) is 30.9 Å².